The summed E-state index contributed by atoms with van der Waals surface area (Å²) in [4.78, 5) is 20.7. The van der Waals surface area contributed by atoms with Crippen LogP contribution >= 0.6 is 0 Å². The lowest BCUT2D eigenvalue weighted by atomic mass is 9.82. The summed E-state index contributed by atoms with van der Waals surface area (Å²) in [6.07, 6.45) is 9.40. The van der Waals surface area contributed by atoms with Crippen molar-refractivity contribution < 1.29 is 14.2 Å². The highest BCUT2D eigenvalue weighted by Crippen LogP contribution is 2.38. The lowest BCUT2D eigenvalue weighted by molar-refractivity contribution is -0.140. The molecule has 1 saturated carbocycles. The predicted molar refractivity (Wildman–Crippen MR) is 108 cm³/mol. The second-order valence-electron chi connectivity index (χ2n) is 8.67. The largest absolute Gasteiger partial charge is 0.361 e. The number of rotatable bonds is 8. The number of aromatic nitrogens is 1. The van der Waals surface area contributed by atoms with Crippen LogP contribution in [0.3, 0.4) is 0 Å². The molecule has 1 aliphatic carbocycles. The van der Waals surface area contributed by atoms with Gasteiger partial charge in [0.15, 0.2) is 0 Å². The van der Waals surface area contributed by atoms with Gasteiger partial charge in [-0.25, -0.2) is 4.79 Å². The monoisotopic (exact) mass is 395 g/mol. The highest BCUT2D eigenvalue weighted by molar-refractivity contribution is 5.77. The van der Waals surface area contributed by atoms with Crippen LogP contribution in [0.2, 0.25) is 0 Å². The van der Waals surface area contributed by atoms with E-state index in [0.29, 0.717) is 13.2 Å². The van der Waals surface area contributed by atoms with Crippen LogP contribution in [0.1, 0.15) is 68.0 Å². The van der Waals surface area contributed by atoms with Gasteiger partial charge in [-0.2, -0.15) is 5.06 Å². The first-order chi connectivity index (χ1) is 14.3. The summed E-state index contributed by atoms with van der Waals surface area (Å²) in [5, 5.41) is 5.89. The molecule has 1 aromatic heterocycles. The molecule has 29 heavy (non-hydrogen) atoms. The molecule has 6 heteroatoms. The Balaban J connectivity index is 1.18. The standard InChI is InChI=1S/C23H29N3O3/c27-23-25-15-19(26(23)28-16-18-6-2-1-3-7-18)12-13-22(25)21-14-20(29-24-21)11-5-10-17-8-4-9-17/h1-3,6-7,14,17,19,22H,4-5,8-13,15-16H2/t19-,22+/m1/s1. The van der Waals surface area contributed by atoms with Gasteiger partial charge in [0, 0.05) is 19.0 Å². The third-order valence-electron chi connectivity index (χ3n) is 6.71. The maximum absolute atomic E-state index is 13.0. The molecular weight excluding hydrogens is 366 g/mol. The summed E-state index contributed by atoms with van der Waals surface area (Å²) >= 11 is 0. The van der Waals surface area contributed by atoms with Gasteiger partial charge in [-0.15, -0.1) is 0 Å². The number of carbonyl (C=O) groups is 1. The fourth-order valence-electron chi connectivity index (χ4n) is 4.77. The molecule has 2 bridgehead atoms. The Morgan fingerprint density at radius 2 is 2.00 bits per heavy atom. The van der Waals surface area contributed by atoms with E-state index in [4.69, 9.17) is 9.36 Å². The fourth-order valence-corrected chi connectivity index (χ4v) is 4.77. The van der Waals surface area contributed by atoms with E-state index in [2.05, 4.69) is 11.2 Å². The van der Waals surface area contributed by atoms with Gasteiger partial charge < -0.3 is 9.42 Å². The molecule has 2 atom stereocenters. The SMILES string of the molecule is O=C1N2C[C@@H](CC[C@H]2c2cc(CCCC3CCC3)on2)N1OCc1ccccc1. The average molecular weight is 396 g/mol. The topological polar surface area (TPSA) is 58.8 Å². The van der Waals surface area contributed by atoms with Gasteiger partial charge in [-0.1, -0.05) is 61.2 Å². The number of benzene rings is 1. The number of aryl methyl sites for hydroxylation is 1. The summed E-state index contributed by atoms with van der Waals surface area (Å²) in [7, 11) is 0. The first-order valence-electron chi connectivity index (χ1n) is 11.0. The Morgan fingerprint density at radius 1 is 1.14 bits per heavy atom. The van der Waals surface area contributed by atoms with Crippen molar-refractivity contribution in [3.8, 4) is 0 Å². The number of hydroxylamine groups is 2. The number of hydrogen-bond donors (Lipinski definition) is 0. The second kappa shape index (κ2) is 8.19. The fraction of sp³-hybridized carbons (Fsp3) is 0.565. The zero-order valence-electron chi connectivity index (χ0n) is 16.8. The van der Waals surface area contributed by atoms with Crippen LogP contribution in [0.25, 0.3) is 0 Å². The van der Waals surface area contributed by atoms with Gasteiger partial charge in [-0.3, -0.25) is 4.84 Å². The van der Waals surface area contributed by atoms with Crippen molar-refractivity contribution in [3.05, 3.63) is 53.4 Å². The predicted octanol–water partition coefficient (Wildman–Crippen LogP) is 4.87. The first-order valence-corrected chi connectivity index (χ1v) is 11.0. The summed E-state index contributed by atoms with van der Waals surface area (Å²) < 4.78 is 5.59. The van der Waals surface area contributed by atoms with E-state index in [1.54, 1.807) is 5.06 Å². The molecule has 1 aromatic carbocycles. The second-order valence-corrected chi connectivity index (χ2v) is 8.67. The smallest absolute Gasteiger partial charge is 0.344 e. The Kier molecular flexibility index (Phi) is 5.27. The van der Waals surface area contributed by atoms with E-state index in [0.717, 1.165) is 48.6 Å². The lowest BCUT2D eigenvalue weighted by Gasteiger charge is -2.28. The van der Waals surface area contributed by atoms with Gasteiger partial charge in [0.2, 0.25) is 0 Å². The molecule has 154 valence electrons. The van der Waals surface area contributed by atoms with Gasteiger partial charge in [0.25, 0.3) is 0 Å². The van der Waals surface area contributed by atoms with Crippen molar-refractivity contribution in [2.75, 3.05) is 6.54 Å². The number of hydrogen-bond acceptors (Lipinski definition) is 4. The average Bonchev–Trinajstić information content (AvgIpc) is 3.27. The van der Waals surface area contributed by atoms with Gasteiger partial charge in [-0.05, 0) is 30.7 Å². The van der Waals surface area contributed by atoms with Crippen LogP contribution in [0.4, 0.5) is 4.79 Å². The van der Waals surface area contributed by atoms with E-state index in [-0.39, 0.29) is 18.1 Å². The van der Waals surface area contributed by atoms with Crippen LogP contribution < -0.4 is 0 Å². The van der Waals surface area contributed by atoms with E-state index in [9.17, 15) is 4.79 Å². The van der Waals surface area contributed by atoms with Crippen molar-refractivity contribution in [1.82, 2.24) is 15.1 Å². The minimum absolute atomic E-state index is 0.00629. The van der Waals surface area contributed by atoms with Crippen LogP contribution in [0.5, 0.6) is 0 Å². The Labute approximate surface area is 171 Å². The molecule has 2 amide bonds. The first kappa shape index (κ1) is 18.7. The Bertz CT molecular complexity index is 833. The van der Waals surface area contributed by atoms with E-state index >= 15 is 0 Å². The molecule has 3 fully saturated rings. The van der Waals surface area contributed by atoms with Crippen molar-refractivity contribution in [1.29, 1.82) is 0 Å². The molecule has 0 radical (unpaired) electrons. The quantitative estimate of drug-likeness (QED) is 0.640. The van der Waals surface area contributed by atoms with Crippen LogP contribution in [0.15, 0.2) is 40.9 Å². The minimum Gasteiger partial charge on any atom is -0.361 e. The molecular formula is C23H29N3O3. The van der Waals surface area contributed by atoms with Crippen LogP contribution in [-0.4, -0.2) is 33.7 Å². The molecule has 3 aliphatic rings. The highest BCUT2D eigenvalue weighted by atomic mass is 16.7. The van der Waals surface area contributed by atoms with Gasteiger partial charge in [0.1, 0.15) is 18.1 Å². The summed E-state index contributed by atoms with van der Waals surface area (Å²) in [5.74, 6) is 1.88. The molecule has 0 unspecified atom stereocenters. The molecule has 2 saturated heterocycles. The van der Waals surface area contributed by atoms with Crippen molar-refractivity contribution in [2.24, 2.45) is 5.92 Å². The number of fused-ring (bicyclic) bond motifs is 2. The maximum atomic E-state index is 13.0. The Hall–Kier alpha value is -2.34. The lowest BCUT2D eigenvalue weighted by Crippen LogP contribution is -2.34. The van der Waals surface area contributed by atoms with Crippen molar-refractivity contribution in [2.45, 2.75) is 70.1 Å². The molecule has 0 N–H and O–H groups in total. The third kappa shape index (κ3) is 3.90. The van der Waals surface area contributed by atoms with E-state index in [1.165, 1.54) is 25.7 Å². The highest BCUT2D eigenvalue weighted by Gasteiger charge is 2.46. The summed E-state index contributed by atoms with van der Waals surface area (Å²) in [6, 6.07) is 12.1. The Morgan fingerprint density at radius 3 is 2.79 bits per heavy atom. The van der Waals surface area contributed by atoms with Gasteiger partial charge >= 0.3 is 6.03 Å². The number of amides is 2. The summed E-state index contributed by atoms with van der Waals surface area (Å²) in [6.45, 7) is 1.11. The van der Waals surface area contributed by atoms with E-state index in [1.807, 2.05) is 35.2 Å². The maximum Gasteiger partial charge on any atom is 0.344 e. The summed E-state index contributed by atoms with van der Waals surface area (Å²) in [5.41, 5.74) is 1.96. The number of piperidine rings is 1. The third-order valence-corrected chi connectivity index (χ3v) is 6.71. The number of nitrogens with zero attached hydrogens (tertiary/aromatic N) is 3. The minimum atomic E-state index is -0.0528. The van der Waals surface area contributed by atoms with Crippen LogP contribution in [0, 0.1) is 5.92 Å². The zero-order valence-corrected chi connectivity index (χ0v) is 16.8. The molecule has 3 heterocycles. The van der Waals surface area contributed by atoms with Crippen LogP contribution in [-0.2, 0) is 17.9 Å². The van der Waals surface area contributed by atoms with E-state index < -0.39 is 0 Å². The van der Waals surface area contributed by atoms with Gasteiger partial charge in [0.05, 0.1) is 12.1 Å². The molecule has 2 aliphatic heterocycles. The van der Waals surface area contributed by atoms with Crippen molar-refractivity contribution >= 4 is 6.03 Å². The molecule has 0 spiro atoms. The van der Waals surface area contributed by atoms with Crippen molar-refractivity contribution in [3.63, 3.8) is 0 Å². The molecule has 2 aromatic rings. The zero-order chi connectivity index (χ0) is 19.6. The normalized spacial score (nSPS) is 24.2. The number of carbonyl (C=O) groups excluding carboxylic acids is 1. The molecule has 6 nitrogen and oxygen atoms in total. The number of urea groups is 1. The molecule has 5 rings (SSSR count).